The van der Waals surface area contributed by atoms with Crippen molar-refractivity contribution in [3.8, 4) is 11.1 Å². The number of hydrogen-bond acceptors (Lipinski definition) is 4. The topological polar surface area (TPSA) is 64.1 Å². The molecular weight excluding hydrogens is 326 g/mol. The lowest BCUT2D eigenvalue weighted by molar-refractivity contribution is -0.118. The number of nitrogens with zero attached hydrogens (tertiary/aromatic N) is 2. The molecule has 5 nitrogen and oxygen atoms in total. The van der Waals surface area contributed by atoms with E-state index in [1.165, 1.54) is 5.56 Å². The van der Waals surface area contributed by atoms with E-state index >= 15 is 0 Å². The second-order valence-corrected chi connectivity index (χ2v) is 6.65. The smallest absolute Gasteiger partial charge is 0.231 e. The summed E-state index contributed by atoms with van der Waals surface area (Å²) in [6.45, 7) is 4.66. The third-order valence-corrected chi connectivity index (χ3v) is 4.77. The molecule has 0 bridgehead atoms. The predicted molar refractivity (Wildman–Crippen MR) is 102 cm³/mol. The normalized spacial score (nSPS) is 18.7. The molecule has 132 valence electrons. The van der Waals surface area contributed by atoms with Gasteiger partial charge in [0.1, 0.15) is 5.82 Å². The zero-order chi connectivity index (χ0) is 18.1. The molecule has 1 amide bonds. The molecule has 0 saturated heterocycles. The van der Waals surface area contributed by atoms with Gasteiger partial charge in [-0.25, -0.2) is 4.98 Å². The fourth-order valence-corrected chi connectivity index (χ4v) is 3.21. The lowest BCUT2D eigenvalue weighted by Crippen LogP contribution is -2.17. The van der Waals surface area contributed by atoms with Crippen LogP contribution in [0.3, 0.4) is 0 Å². The maximum atomic E-state index is 12.2. The molecule has 3 aromatic rings. The Labute approximate surface area is 152 Å². The van der Waals surface area contributed by atoms with Crippen LogP contribution in [0, 0.1) is 12.8 Å². The van der Waals surface area contributed by atoms with Gasteiger partial charge in [0.05, 0.1) is 12.0 Å². The zero-order valence-electron chi connectivity index (χ0n) is 14.9. The highest BCUT2D eigenvalue weighted by atomic mass is 16.5. The first-order valence-electron chi connectivity index (χ1n) is 8.89. The Kier molecular flexibility index (Phi) is 4.39. The van der Waals surface area contributed by atoms with Crippen LogP contribution in [0.1, 0.15) is 18.9 Å². The Morgan fingerprint density at radius 1 is 1.23 bits per heavy atom. The van der Waals surface area contributed by atoms with E-state index in [9.17, 15) is 4.79 Å². The number of carbonyl (C=O) groups excluding carboxylic acids is 1. The summed E-state index contributed by atoms with van der Waals surface area (Å²) in [5, 5.41) is 4.97. The van der Waals surface area contributed by atoms with Gasteiger partial charge in [-0.1, -0.05) is 12.1 Å². The minimum absolute atomic E-state index is 0.0158. The van der Waals surface area contributed by atoms with E-state index in [2.05, 4.69) is 40.4 Å². The molecule has 1 fully saturated rings. The zero-order valence-corrected chi connectivity index (χ0v) is 14.9. The van der Waals surface area contributed by atoms with Crippen LogP contribution in [-0.4, -0.2) is 28.6 Å². The van der Waals surface area contributed by atoms with Crippen molar-refractivity contribution in [1.82, 2.24) is 9.97 Å². The first kappa shape index (κ1) is 16.7. The van der Waals surface area contributed by atoms with Gasteiger partial charge in [-0.05, 0) is 55.0 Å². The van der Waals surface area contributed by atoms with Crippen molar-refractivity contribution in [2.45, 2.75) is 26.4 Å². The number of anilines is 1. The Hall–Kier alpha value is -2.79. The number of aryl methyl sites for hydroxylation is 1. The van der Waals surface area contributed by atoms with Gasteiger partial charge >= 0.3 is 0 Å². The fraction of sp³-hybridized carbons (Fsp3) is 0.286. The lowest BCUT2D eigenvalue weighted by atomic mass is 10.0. The highest BCUT2D eigenvalue weighted by Gasteiger charge is 2.44. The summed E-state index contributed by atoms with van der Waals surface area (Å²) in [7, 11) is 0. The largest absolute Gasteiger partial charge is 0.378 e. The van der Waals surface area contributed by atoms with Crippen LogP contribution in [0.2, 0.25) is 0 Å². The number of carbonyl (C=O) groups is 1. The Morgan fingerprint density at radius 3 is 2.92 bits per heavy atom. The highest BCUT2D eigenvalue weighted by Crippen LogP contribution is 2.35. The predicted octanol–water partition coefficient (Wildman–Crippen LogP) is 3.97. The van der Waals surface area contributed by atoms with Crippen LogP contribution >= 0.6 is 0 Å². The maximum Gasteiger partial charge on any atom is 0.231 e. The van der Waals surface area contributed by atoms with Crippen LogP contribution in [0.15, 0.2) is 48.9 Å². The molecule has 1 unspecified atom stereocenters. The molecule has 2 aromatic heterocycles. The Morgan fingerprint density at radius 2 is 2.12 bits per heavy atom. The minimum Gasteiger partial charge on any atom is -0.378 e. The second kappa shape index (κ2) is 6.84. The van der Waals surface area contributed by atoms with Crippen molar-refractivity contribution in [3.63, 3.8) is 0 Å². The van der Waals surface area contributed by atoms with Crippen LogP contribution in [0.4, 0.5) is 5.82 Å². The molecule has 0 radical (unpaired) electrons. The lowest BCUT2D eigenvalue weighted by Gasteiger charge is -2.08. The number of aromatic nitrogens is 2. The number of hydrogen-bond donors (Lipinski definition) is 1. The van der Waals surface area contributed by atoms with E-state index in [1.807, 2.05) is 25.3 Å². The first-order chi connectivity index (χ1) is 12.7. The van der Waals surface area contributed by atoms with E-state index in [1.54, 1.807) is 12.4 Å². The molecule has 0 aliphatic heterocycles. The molecule has 4 rings (SSSR count). The number of pyridine rings is 2. The van der Waals surface area contributed by atoms with Gasteiger partial charge in [0.2, 0.25) is 5.91 Å². The third-order valence-electron chi connectivity index (χ3n) is 4.77. The van der Waals surface area contributed by atoms with E-state index in [4.69, 9.17) is 4.74 Å². The van der Waals surface area contributed by atoms with E-state index < -0.39 is 0 Å². The molecule has 2 heterocycles. The van der Waals surface area contributed by atoms with Crippen molar-refractivity contribution >= 4 is 22.5 Å². The van der Waals surface area contributed by atoms with Gasteiger partial charge in [0.15, 0.2) is 0 Å². The highest BCUT2D eigenvalue weighted by molar-refractivity contribution is 5.96. The van der Waals surface area contributed by atoms with Crippen molar-refractivity contribution in [2.24, 2.45) is 5.92 Å². The van der Waals surface area contributed by atoms with Gasteiger partial charge in [-0.2, -0.15) is 0 Å². The van der Waals surface area contributed by atoms with Crippen LogP contribution in [0.5, 0.6) is 0 Å². The van der Waals surface area contributed by atoms with Crippen LogP contribution in [-0.2, 0) is 9.53 Å². The quantitative estimate of drug-likeness (QED) is 0.758. The standard InChI is InChI=1S/C21H21N3O2/c1-3-26-19-10-17(19)21(25)24-20-9-14-4-5-15(8-16(14)11-23-20)18-12-22-7-6-13(18)2/h4-9,11-12,17,19H,3,10H2,1-2H3,(H,23,24,25)/t17?,19-/m1/s1. The summed E-state index contributed by atoms with van der Waals surface area (Å²) in [6, 6.07) is 10.1. The summed E-state index contributed by atoms with van der Waals surface area (Å²) < 4.78 is 5.47. The molecule has 2 atom stereocenters. The second-order valence-electron chi connectivity index (χ2n) is 6.65. The summed E-state index contributed by atoms with van der Waals surface area (Å²) in [6.07, 6.45) is 6.33. The number of fused-ring (bicyclic) bond motifs is 1. The summed E-state index contributed by atoms with van der Waals surface area (Å²) in [5.41, 5.74) is 3.41. The third kappa shape index (κ3) is 3.30. The first-order valence-corrected chi connectivity index (χ1v) is 8.89. The van der Waals surface area contributed by atoms with Crippen molar-refractivity contribution < 1.29 is 9.53 Å². The number of rotatable bonds is 5. The van der Waals surface area contributed by atoms with E-state index in [-0.39, 0.29) is 17.9 Å². The molecule has 5 heteroatoms. The number of amides is 1. The maximum absolute atomic E-state index is 12.2. The fourth-order valence-electron chi connectivity index (χ4n) is 3.21. The molecule has 1 saturated carbocycles. The number of nitrogens with one attached hydrogen (secondary N) is 1. The minimum atomic E-state index is -0.0524. The van der Waals surface area contributed by atoms with Gasteiger partial charge < -0.3 is 10.1 Å². The molecule has 26 heavy (non-hydrogen) atoms. The van der Waals surface area contributed by atoms with Crippen LogP contribution in [0.25, 0.3) is 21.9 Å². The summed E-state index contributed by atoms with van der Waals surface area (Å²) >= 11 is 0. The summed E-state index contributed by atoms with van der Waals surface area (Å²) in [5.74, 6) is 0.510. The summed E-state index contributed by atoms with van der Waals surface area (Å²) in [4.78, 5) is 20.8. The Bertz CT molecular complexity index is 970. The monoisotopic (exact) mass is 347 g/mol. The average molecular weight is 347 g/mol. The molecule has 1 aliphatic carbocycles. The number of benzene rings is 1. The molecule has 1 aliphatic rings. The molecule has 1 N–H and O–H groups in total. The van der Waals surface area contributed by atoms with Crippen molar-refractivity contribution in [2.75, 3.05) is 11.9 Å². The molecule has 0 spiro atoms. The molecule has 1 aromatic carbocycles. The van der Waals surface area contributed by atoms with Gasteiger partial charge in [-0.3, -0.25) is 9.78 Å². The van der Waals surface area contributed by atoms with Crippen LogP contribution < -0.4 is 5.32 Å². The van der Waals surface area contributed by atoms with Gasteiger partial charge in [0, 0.05) is 36.1 Å². The average Bonchev–Trinajstić information content (AvgIpc) is 3.41. The van der Waals surface area contributed by atoms with Crippen molar-refractivity contribution in [3.05, 3.63) is 54.5 Å². The SMILES string of the molecule is CCO[C@@H]1CC1C(=O)Nc1cc2ccc(-c3cnccc3C)cc2cn1. The van der Waals surface area contributed by atoms with E-state index in [0.29, 0.717) is 12.4 Å². The van der Waals surface area contributed by atoms with E-state index in [0.717, 1.165) is 28.3 Å². The Balaban J connectivity index is 1.54. The van der Waals surface area contributed by atoms with Gasteiger partial charge in [0.25, 0.3) is 0 Å². The van der Waals surface area contributed by atoms with Gasteiger partial charge in [-0.15, -0.1) is 0 Å². The number of ether oxygens (including phenoxy) is 1. The molecular formula is C21H21N3O2. The van der Waals surface area contributed by atoms with Crippen molar-refractivity contribution in [1.29, 1.82) is 0 Å².